The van der Waals surface area contributed by atoms with Gasteiger partial charge in [-0.15, -0.1) is 0 Å². The van der Waals surface area contributed by atoms with E-state index >= 15 is 0 Å². The molecule has 0 unspecified atom stereocenters. The highest BCUT2D eigenvalue weighted by molar-refractivity contribution is 5.97. The standard InChI is InChI=1S/C18H19N3O2/c1-14-5-2-3-6-15(14)8-9-20-12-16(11-19)18(22)21-13-17-7-4-10-23-17/h2-7,10,12,20H,8-9,13H2,1H3,(H,21,22)/b16-12-. The van der Waals surface area contributed by atoms with Crippen molar-refractivity contribution in [2.45, 2.75) is 19.9 Å². The average molecular weight is 309 g/mol. The molecule has 5 nitrogen and oxygen atoms in total. The van der Waals surface area contributed by atoms with Crippen molar-refractivity contribution in [2.75, 3.05) is 6.54 Å². The minimum Gasteiger partial charge on any atom is -0.467 e. The van der Waals surface area contributed by atoms with E-state index < -0.39 is 5.91 Å². The van der Waals surface area contributed by atoms with Crippen molar-refractivity contribution in [1.29, 1.82) is 5.26 Å². The average Bonchev–Trinajstić information content (AvgIpc) is 3.08. The van der Waals surface area contributed by atoms with Gasteiger partial charge in [0.25, 0.3) is 5.91 Å². The second-order valence-corrected chi connectivity index (χ2v) is 5.06. The van der Waals surface area contributed by atoms with Gasteiger partial charge in [0, 0.05) is 12.7 Å². The molecule has 23 heavy (non-hydrogen) atoms. The highest BCUT2D eigenvalue weighted by Gasteiger charge is 2.08. The van der Waals surface area contributed by atoms with E-state index in [1.165, 1.54) is 23.6 Å². The molecular formula is C18H19N3O2. The molecule has 1 amide bonds. The van der Waals surface area contributed by atoms with Gasteiger partial charge in [-0.05, 0) is 36.6 Å². The largest absolute Gasteiger partial charge is 0.467 e. The third kappa shape index (κ3) is 5.04. The molecule has 2 N–H and O–H groups in total. The Balaban J connectivity index is 1.80. The van der Waals surface area contributed by atoms with Crippen LogP contribution in [0.3, 0.4) is 0 Å². The van der Waals surface area contributed by atoms with Crippen molar-refractivity contribution >= 4 is 5.91 Å². The molecule has 0 spiro atoms. The lowest BCUT2D eigenvalue weighted by Crippen LogP contribution is -2.25. The second kappa shape index (κ2) is 8.44. The molecular weight excluding hydrogens is 290 g/mol. The fourth-order valence-corrected chi connectivity index (χ4v) is 2.10. The first kappa shape index (κ1) is 16.4. The van der Waals surface area contributed by atoms with Crippen LogP contribution in [0.5, 0.6) is 0 Å². The molecule has 2 rings (SSSR count). The molecule has 0 bridgehead atoms. The van der Waals surface area contributed by atoms with Crippen LogP contribution in [-0.4, -0.2) is 12.5 Å². The summed E-state index contributed by atoms with van der Waals surface area (Å²) in [5, 5.41) is 14.7. The molecule has 5 heteroatoms. The SMILES string of the molecule is Cc1ccccc1CCN/C=C(/C#N)C(=O)NCc1ccco1. The summed E-state index contributed by atoms with van der Waals surface area (Å²) in [4.78, 5) is 11.9. The van der Waals surface area contributed by atoms with Crippen LogP contribution in [0.2, 0.25) is 0 Å². The fraction of sp³-hybridized carbons (Fsp3) is 0.222. The number of hydrogen-bond acceptors (Lipinski definition) is 4. The minimum absolute atomic E-state index is 0.0429. The van der Waals surface area contributed by atoms with Gasteiger partial charge < -0.3 is 15.1 Å². The van der Waals surface area contributed by atoms with Crippen LogP contribution in [0.1, 0.15) is 16.9 Å². The molecule has 118 valence electrons. The quantitative estimate of drug-likeness (QED) is 0.468. The first-order chi connectivity index (χ1) is 11.2. The predicted octanol–water partition coefficient (Wildman–Crippen LogP) is 2.44. The summed E-state index contributed by atoms with van der Waals surface area (Å²) in [7, 11) is 0. The third-order valence-corrected chi connectivity index (χ3v) is 3.41. The Kier molecular flexibility index (Phi) is 6.01. The highest BCUT2D eigenvalue weighted by atomic mass is 16.3. The molecule has 0 radical (unpaired) electrons. The lowest BCUT2D eigenvalue weighted by molar-refractivity contribution is -0.117. The summed E-state index contributed by atoms with van der Waals surface area (Å²) in [6, 6.07) is 13.5. The van der Waals surface area contributed by atoms with Gasteiger partial charge in [-0.2, -0.15) is 5.26 Å². The second-order valence-electron chi connectivity index (χ2n) is 5.06. The van der Waals surface area contributed by atoms with Crippen molar-refractivity contribution in [3.8, 4) is 6.07 Å². The molecule has 1 aromatic heterocycles. The first-order valence-electron chi connectivity index (χ1n) is 7.39. The van der Waals surface area contributed by atoms with E-state index in [2.05, 4.69) is 29.7 Å². The smallest absolute Gasteiger partial charge is 0.263 e. The maximum atomic E-state index is 11.9. The van der Waals surface area contributed by atoms with Crippen LogP contribution in [0.4, 0.5) is 0 Å². The Labute approximate surface area is 135 Å². The number of carbonyl (C=O) groups excluding carboxylic acids is 1. The zero-order valence-corrected chi connectivity index (χ0v) is 13.0. The first-order valence-corrected chi connectivity index (χ1v) is 7.39. The van der Waals surface area contributed by atoms with E-state index in [1.54, 1.807) is 12.1 Å². The Morgan fingerprint density at radius 1 is 1.30 bits per heavy atom. The van der Waals surface area contributed by atoms with Crippen LogP contribution in [0, 0.1) is 18.3 Å². The molecule has 2 aromatic rings. The summed E-state index contributed by atoms with van der Waals surface area (Å²) in [5.74, 6) is 0.218. The van der Waals surface area contributed by atoms with Gasteiger partial charge in [0.05, 0.1) is 12.8 Å². The topological polar surface area (TPSA) is 78.1 Å². The number of amides is 1. The van der Waals surface area contributed by atoms with Crippen molar-refractivity contribution in [3.63, 3.8) is 0 Å². The summed E-state index contributed by atoms with van der Waals surface area (Å²) < 4.78 is 5.12. The minimum atomic E-state index is -0.424. The molecule has 1 heterocycles. The Hall–Kier alpha value is -3.00. The fourth-order valence-electron chi connectivity index (χ4n) is 2.10. The summed E-state index contributed by atoms with van der Waals surface area (Å²) in [6.07, 6.45) is 3.82. The van der Waals surface area contributed by atoms with E-state index in [9.17, 15) is 4.79 Å². The van der Waals surface area contributed by atoms with E-state index in [4.69, 9.17) is 9.68 Å². The zero-order valence-electron chi connectivity index (χ0n) is 13.0. The lowest BCUT2D eigenvalue weighted by atomic mass is 10.1. The number of furan rings is 1. The van der Waals surface area contributed by atoms with E-state index in [-0.39, 0.29) is 12.1 Å². The van der Waals surface area contributed by atoms with Gasteiger partial charge in [-0.25, -0.2) is 0 Å². The maximum Gasteiger partial charge on any atom is 0.263 e. The summed E-state index contributed by atoms with van der Waals surface area (Å²) in [6.45, 7) is 2.98. The monoisotopic (exact) mass is 309 g/mol. The maximum absolute atomic E-state index is 11.9. The molecule has 0 aliphatic carbocycles. The van der Waals surface area contributed by atoms with Crippen LogP contribution in [0.25, 0.3) is 0 Å². The molecule has 0 aliphatic rings. The van der Waals surface area contributed by atoms with Gasteiger partial charge in [0.15, 0.2) is 0 Å². The summed E-state index contributed by atoms with van der Waals surface area (Å²) in [5.41, 5.74) is 2.52. The number of hydrogen-bond donors (Lipinski definition) is 2. The van der Waals surface area contributed by atoms with Crippen molar-refractivity contribution < 1.29 is 9.21 Å². The van der Waals surface area contributed by atoms with Crippen LogP contribution in [-0.2, 0) is 17.8 Å². The van der Waals surface area contributed by atoms with E-state index in [0.29, 0.717) is 12.3 Å². The molecule has 0 atom stereocenters. The van der Waals surface area contributed by atoms with Crippen molar-refractivity contribution in [3.05, 3.63) is 71.3 Å². The van der Waals surface area contributed by atoms with Crippen LogP contribution >= 0.6 is 0 Å². The molecule has 1 aromatic carbocycles. The van der Waals surface area contributed by atoms with Gasteiger partial charge >= 0.3 is 0 Å². The number of rotatable bonds is 7. The molecule has 0 saturated heterocycles. The molecule has 0 fully saturated rings. The Morgan fingerprint density at radius 3 is 2.83 bits per heavy atom. The predicted molar refractivity (Wildman–Crippen MR) is 87.1 cm³/mol. The van der Waals surface area contributed by atoms with Crippen molar-refractivity contribution in [2.24, 2.45) is 0 Å². The van der Waals surface area contributed by atoms with Gasteiger partial charge in [-0.3, -0.25) is 4.79 Å². The zero-order chi connectivity index (χ0) is 16.5. The molecule has 0 saturated carbocycles. The third-order valence-electron chi connectivity index (χ3n) is 3.41. The number of carbonyl (C=O) groups is 1. The molecule has 0 aliphatic heterocycles. The summed E-state index contributed by atoms with van der Waals surface area (Å²) >= 11 is 0. The van der Waals surface area contributed by atoms with Crippen LogP contribution < -0.4 is 10.6 Å². The normalized spacial score (nSPS) is 10.9. The Morgan fingerprint density at radius 2 is 2.13 bits per heavy atom. The van der Waals surface area contributed by atoms with Gasteiger partial charge in [0.1, 0.15) is 17.4 Å². The number of nitrogens with one attached hydrogen (secondary N) is 2. The van der Waals surface area contributed by atoms with Crippen LogP contribution in [0.15, 0.2) is 58.9 Å². The van der Waals surface area contributed by atoms with Gasteiger partial charge in [0.2, 0.25) is 0 Å². The number of nitrogens with zero attached hydrogens (tertiary/aromatic N) is 1. The number of nitriles is 1. The van der Waals surface area contributed by atoms with E-state index in [0.717, 1.165) is 6.42 Å². The lowest BCUT2D eigenvalue weighted by Gasteiger charge is -2.06. The van der Waals surface area contributed by atoms with Gasteiger partial charge in [-0.1, -0.05) is 24.3 Å². The van der Waals surface area contributed by atoms with E-state index in [1.807, 2.05) is 18.2 Å². The number of benzene rings is 1. The highest BCUT2D eigenvalue weighted by Crippen LogP contribution is 2.07. The van der Waals surface area contributed by atoms with Crippen molar-refractivity contribution in [1.82, 2.24) is 10.6 Å². The number of aryl methyl sites for hydroxylation is 1. The Bertz CT molecular complexity index is 712.